The van der Waals surface area contributed by atoms with Crippen molar-refractivity contribution in [1.29, 1.82) is 0 Å². The van der Waals surface area contributed by atoms with Gasteiger partial charge in [-0.3, -0.25) is 4.90 Å². The predicted octanol–water partition coefficient (Wildman–Crippen LogP) is 5.29. The number of nitrogens with zero attached hydrogens (tertiary/aromatic N) is 1. The molecule has 6 rings (SSSR count). The third kappa shape index (κ3) is 2.33. The highest BCUT2D eigenvalue weighted by Gasteiger charge is 2.78. The summed E-state index contributed by atoms with van der Waals surface area (Å²) >= 11 is 0. The van der Waals surface area contributed by atoms with E-state index in [1.807, 2.05) is 24.3 Å². The van der Waals surface area contributed by atoms with Gasteiger partial charge < -0.3 is 4.74 Å². The third-order valence-electron chi connectivity index (χ3n) is 8.51. The first kappa shape index (κ1) is 18.4. The molecule has 1 aliphatic heterocycles. The molecule has 2 spiro atoms. The molecule has 6 atom stereocenters. The molecule has 0 aromatic heterocycles. The second kappa shape index (κ2) is 6.31. The SMILES string of the molecule is C=CC(C)N1C2C3CCCCC34CC21Cc1ccc(OC(=O)c2ccccc2)cc14. The molecule has 2 aromatic rings. The number of rotatable bonds is 4. The highest BCUT2D eigenvalue weighted by Crippen LogP contribution is 2.72. The molecule has 0 amide bonds. The molecule has 30 heavy (non-hydrogen) atoms. The highest BCUT2D eigenvalue weighted by molar-refractivity contribution is 5.91. The van der Waals surface area contributed by atoms with Crippen LogP contribution in [0.5, 0.6) is 5.75 Å². The summed E-state index contributed by atoms with van der Waals surface area (Å²) in [4.78, 5) is 15.3. The van der Waals surface area contributed by atoms with Crippen LogP contribution in [0.3, 0.4) is 0 Å². The topological polar surface area (TPSA) is 29.3 Å². The number of benzene rings is 2. The zero-order chi connectivity index (χ0) is 20.5. The number of piperidine rings is 1. The van der Waals surface area contributed by atoms with Gasteiger partial charge in [0, 0.05) is 23.0 Å². The number of ether oxygens (including phenoxy) is 1. The van der Waals surface area contributed by atoms with Crippen LogP contribution >= 0.6 is 0 Å². The van der Waals surface area contributed by atoms with Crippen molar-refractivity contribution in [2.45, 2.75) is 68.5 Å². The average molecular weight is 400 g/mol. The molecular formula is C27H29NO2. The minimum atomic E-state index is -0.277. The third-order valence-corrected chi connectivity index (χ3v) is 8.51. The number of esters is 1. The molecule has 3 fully saturated rings. The number of hydrogen-bond donors (Lipinski definition) is 0. The van der Waals surface area contributed by atoms with Gasteiger partial charge in [0.05, 0.1) is 5.56 Å². The average Bonchev–Trinajstić information content (AvgIpc) is 3.31. The molecule has 6 unspecified atom stereocenters. The Morgan fingerprint density at radius 3 is 2.87 bits per heavy atom. The lowest BCUT2D eigenvalue weighted by molar-refractivity contribution is 0.0733. The fourth-order valence-electron chi connectivity index (χ4n) is 7.45. The number of fused-ring (bicyclic) bond motifs is 2. The van der Waals surface area contributed by atoms with Crippen molar-refractivity contribution in [1.82, 2.24) is 4.90 Å². The first-order valence-electron chi connectivity index (χ1n) is 11.4. The first-order valence-corrected chi connectivity index (χ1v) is 11.4. The summed E-state index contributed by atoms with van der Waals surface area (Å²) in [5.41, 5.74) is 4.13. The Balaban J connectivity index is 1.37. The Hall–Kier alpha value is -2.39. The number of hydrogen-bond acceptors (Lipinski definition) is 3. The van der Waals surface area contributed by atoms with E-state index in [2.05, 4.69) is 36.6 Å². The molecule has 3 heteroatoms. The minimum absolute atomic E-state index is 0.267. The molecule has 0 radical (unpaired) electrons. The van der Waals surface area contributed by atoms with Gasteiger partial charge in [-0.05, 0) is 73.9 Å². The lowest BCUT2D eigenvalue weighted by atomic mass is 9.60. The van der Waals surface area contributed by atoms with Crippen LogP contribution in [0.25, 0.3) is 0 Å². The summed E-state index contributed by atoms with van der Waals surface area (Å²) < 4.78 is 5.80. The van der Waals surface area contributed by atoms with E-state index in [9.17, 15) is 4.79 Å². The van der Waals surface area contributed by atoms with Crippen LogP contribution in [0.4, 0.5) is 0 Å². The molecule has 2 aromatic carbocycles. The Labute approximate surface area is 178 Å². The van der Waals surface area contributed by atoms with Crippen molar-refractivity contribution >= 4 is 5.97 Å². The van der Waals surface area contributed by atoms with Gasteiger partial charge >= 0.3 is 5.97 Å². The van der Waals surface area contributed by atoms with Crippen LogP contribution in [0, 0.1) is 5.92 Å². The van der Waals surface area contributed by atoms with Crippen molar-refractivity contribution in [3.63, 3.8) is 0 Å². The first-order chi connectivity index (χ1) is 14.6. The maximum atomic E-state index is 12.6. The smallest absolute Gasteiger partial charge is 0.343 e. The molecule has 4 aliphatic rings. The Kier molecular flexibility index (Phi) is 3.86. The Morgan fingerprint density at radius 1 is 1.23 bits per heavy atom. The van der Waals surface area contributed by atoms with Gasteiger partial charge in [-0.1, -0.05) is 43.2 Å². The molecule has 2 saturated carbocycles. The van der Waals surface area contributed by atoms with Crippen LogP contribution < -0.4 is 4.74 Å². The van der Waals surface area contributed by atoms with Crippen molar-refractivity contribution in [3.8, 4) is 5.75 Å². The zero-order valence-corrected chi connectivity index (χ0v) is 17.6. The zero-order valence-electron chi connectivity index (χ0n) is 17.6. The van der Waals surface area contributed by atoms with Crippen molar-refractivity contribution in [2.24, 2.45) is 5.92 Å². The van der Waals surface area contributed by atoms with Gasteiger partial charge in [0.25, 0.3) is 0 Å². The van der Waals surface area contributed by atoms with Crippen molar-refractivity contribution in [3.05, 3.63) is 77.9 Å². The van der Waals surface area contributed by atoms with E-state index < -0.39 is 0 Å². The van der Waals surface area contributed by atoms with Crippen LogP contribution in [0.1, 0.15) is 60.5 Å². The van der Waals surface area contributed by atoms with Crippen molar-refractivity contribution < 1.29 is 9.53 Å². The lowest BCUT2D eigenvalue weighted by Gasteiger charge is -2.47. The summed E-state index contributed by atoms with van der Waals surface area (Å²) in [7, 11) is 0. The summed E-state index contributed by atoms with van der Waals surface area (Å²) in [5.74, 6) is 1.13. The molecule has 0 N–H and O–H groups in total. The maximum Gasteiger partial charge on any atom is 0.343 e. The molecular weight excluding hydrogens is 370 g/mol. The Morgan fingerprint density at radius 2 is 2.07 bits per heavy atom. The van der Waals surface area contributed by atoms with E-state index >= 15 is 0 Å². The molecule has 2 bridgehead atoms. The fraction of sp³-hybridized carbons (Fsp3) is 0.444. The van der Waals surface area contributed by atoms with E-state index in [0.29, 0.717) is 28.9 Å². The van der Waals surface area contributed by atoms with E-state index in [0.717, 1.165) is 12.3 Å². The molecule has 3 nitrogen and oxygen atoms in total. The van der Waals surface area contributed by atoms with Crippen LogP contribution in [-0.2, 0) is 11.8 Å². The number of carbonyl (C=O) groups excluding carboxylic acids is 1. The van der Waals surface area contributed by atoms with Gasteiger partial charge in [0.1, 0.15) is 5.75 Å². The second-order valence-electron chi connectivity index (χ2n) is 9.87. The Bertz CT molecular complexity index is 1030. The normalized spacial score (nSPS) is 36.1. The van der Waals surface area contributed by atoms with Gasteiger partial charge in [-0.15, -0.1) is 6.58 Å². The molecule has 1 heterocycles. The molecule has 154 valence electrons. The maximum absolute atomic E-state index is 12.6. The minimum Gasteiger partial charge on any atom is -0.423 e. The van der Waals surface area contributed by atoms with Crippen LogP contribution in [-0.4, -0.2) is 28.5 Å². The van der Waals surface area contributed by atoms with E-state index in [1.54, 1.807) is 12.1 Å². The molecule has 3 aliphatic carbocycles. The summed E-state index contributed by atoms with van der Waals surface area (Å²) in [6, 6.07) is 16.8. The summed E-state index contributed by atoms with van der Waals surface area (Å²) in [6.07, 6.45) is 9.73. The number of carbonyl (C=O) groups is 1. The standard InChI is InChI=1S/C27H29NO2/c1-3-18(2)28-24-22-11-7-8-14-26(22)17-27(24,28)16-20-12-13-21(15-23(20)26)30-25(29)19-9-5-4-6-10-19/h3-6,9-10,12-13,15,18,22,24H,1,7-8,11,14,16-17H2,2H3. The summed E-state index contributed by atoms with van der Waals surface area (Å²) in [6.45, 7) is 6.37. The summed E-state index contributed by atoms with van der Waals surface area (Å²) in [5, 5.41) is 0. The lowest BCUT2D eigenvalue weighted by Crippen LogP contribution is -2.45. The van der Waals surface area contributed by atoms with Gasteiger partial charge in [-0.25, -0.2) is 4.79 Å². The van der Waals surface area contributed by atoms with E-state index in [-0.39, 0.29) is 11.4 Å². The predicted molar refractivity (Wildman–Crippen MR) is 118 cm³/mol. The molecule has 1 saturated heterocycles. The largest absolute Gasteiger partial charge is 0.423 e. The van der Waals surface area contributed by atoms with Gasteiger partial charge in [0.15, 0.2) is 0 Å². The monoisotopic (exact) mass is 399 g/mol. The van der Waals surface area contributed by atoms with Crippen molar-refractivity contribution in [2.75, 3.05) is 0 Å². The van der Waals surface area contributed by atoms with Gasteiger partial charge in [0.2, 0.25) is 0 Å². The van der Waals surface area contributed by atoms with Crippen LogP contribution in [0.2, 0.25) is 0 Å². The highest BCUT2D eigenvalue weighted by atomic mass is 16.5. The van der Waals surface area contributed by atoms with E-state index in [4.69, 9.17) is 4.74 Å². The fourth-order valence-corrected chi connectivity index (χ4v) is 7.45. The van der Waals surface area contributed by atoms with Gasteiger partial charge in [-0.2, -0.15) is 0 Å². The van der Waals surface area contributed by atoms with Crippen LogP contribution in [0.15, 0.2) is 61.2 Å². The second-order valence-corrected chi connectivity index (χ2v) is 9.87. The van der Waals surface area contributed by atoms with E-state index in [1.165, 1.54) is 43.2 Å². The number of likely N-dealkylation sites (tertiary alicyclic amines) is 1. The quantitative estimate of drug-likeness (QED) is 0.303.